The summed E-state index contributed by atoms with van der Waals surface area (Å²) in [5, 5.41) is 4.72. The van der Waals surface area contributed by atoms with Gasteiger partial charge in [-0.3, -0.25) is 0 Å². The van der Waals surface area contributed by atoms with Crippen LogP contribution < -0.4 is 11.1 Å². The predicted molar refractivity (Wildman–Crippen MR) is 75.3 cm³/mol. The molecule has 17 heavy (non-hydrogen) atoms. The summed E-state index contributed by atoms with van der Waals surface area (Å²) in [6.07, 6.45) is 5.56. The van der Waals surface area contributed by atoms with Crippen molar-refractivity contribution in [2.24, 2.45) is 11.7 Å². The molecular weight excluding hydrogens is 230 g/mol. The molecule has 0 fully saturated rings. The first-order valence-electron chi connectivity index (χ1n) is 6.49. The van der Waals surface area contributed by atoms with Gasteiger partial charge in [-0.05, 0) is 52.1 Å². The molecule has 0 aliphatic carbocycles. The SMILES string of the molecule is Cc1cnc(C(C)NCCCC(C)CCN)s1. The van der Waals surface area contributed by atoms with Crippen LogP contribution >= 0.6 is 11.3 Å². The highest BCUT2D eigenvalue weighted by Gasteiger charge is 2.08. The first kappa shape index (κ1) is 14.6. The highest BCUT2D eigenvalue weighted by atomic mass is 32.1. The highest BCUT2D eigenvalue weighted by Crippen LogP contribution is 2.19. The summed E-state index contributed by atoms with van der Waals surface area (Å²) < 4.78 is 0. The standard InChI is InChI=1S/C13H25N3S/c1-10(6-7-14)5-4-8-15-12(3)13-16-9-11(2)17-13/h9-10,12,15H,4-8,14H2,1-3H3. The maximum absolute atomic E-state index is 5.54. The maximum atomic E-state index is 5.54. The van der Waals surface area contributed by atoms with Gasteiger partial charge in [0.05, 0.1) is 6.04 Å². The lowest BCUT2D eigenvalue weighted by molar-refractivity contribution is 0.455. The van der Waals surface area contributed by atoms with E-state index >= 15 is 0 Å². The summed E-state index contributed by atoms with van der Waals surface area (Å²) in [7, 11) is 0. The summed E-state index contributed by atoms with van der Waals surface area (Å²) in [4.78, 5) is 5.68. The Labute approximate surface area is 109 Å². The van der Waals surface area contributed by atoms with Crippen LogP contribution in [0, 0.1) is 12.8 Å². The van der Waals surface area contributed by atoms with E-state index in [0.29, 0.717) is 6.04 Å². The summed E-state index contributed by atoms with van der Waals surface area (Å²) >= 11 is 1.78. The Morgan fingerprint density at radius 1 is 1.41 bits per heavy atom. The van der Waals surface area contributed by atoms with E-state index in [4.69, 9.17) is 5.73 Å². The third kappa shape index (κ3) is 5.61. The molecule has 0 spiro atoms. The molecule has 3 N–H and O–H groups in total. The van der Waals surface area contributed by atoms with Crippen LogP contribution in [0.25, 0.3) is 0 Å². The third-order valence-electron chi connectivity index (χ3n) is 2.99. The zero-order chi connectivity index (χ0) is 12.7. The van der Waals surface area contributed by atoms with Gasteiger partial charge >= 0.3 is 0 Å². The Bertz CT molecular complexity index is 311. The number of hydrogen-bond acceptors (Lipinski definition) is 4. The van der Waals surface area contributed by atoms with Gasteiger partial charge in [-0.25, -0.2) is 4.98 Å². The Balaban J connectivity index is 2.14. The van der Waals surface area contributed by atoms with Crippen LogP contribution in [0.3, 0.4) is 0 Å². The Morgan fingerprint density at radius 3 is 2.76 bits per heavy atom. The minimum atomic E-state index is 0.374. The number of thiazole rings is 1. The molecule has 0 amide bonds. The smallest absolute Gasteiger partial charge is 0.109 e. The number of nitrogens with two attached hydrogens (primary N) is 1. The van der Waals surface area contributed by atoms with Crippen molar-refractivity contribution in [2.45, 2.75) is 46.1 Å². The zero-order valence-electron chi connectivity index (χ0n) is 11.2. The molecular formula is C13H25N3S. The molecule has 0 aromatic carbocycles. The van der Waals surface area contributed by atoms with E-state index in [-0.39, 0.29) is 0 Å². The summed E-state index contributed by atoms with van der Waals surface area (Å²) in [5.74, 6) is 0.749. The van der Waals surface area contributed by atoms with E-state index in [1.54, 1.807) is 11.3 Å². The van der Waals surface area contributed by atoms with Crippen molar-refractivity contribution in [1.82, 2.24) is 10.3 Å². The normalized spacial score (nSPS) is 14.8. The molecule has 4 heteroatoms. The first-order chi connectivity index (χ1) is 8.13. The van der Waals surface area contributed by atoms with Gasteiger partial charge in [-0.1, -0.05) is 6.92 Å². The average Bonchev–Trinajstić information content (AvgIpc) is 2.71. The monoisotopic (exact) mass is 255 g/mol. The van der Waals surface area contributed by atoms with Crippen LogP contribution in [0.4, 0.5) is 0 Å². The largest absolute Gasteiger partial charge is 0.330 e. The van der Waals surface area contributed by atoms with Crippen LogP contribution in [-0.4, -0.2) is 18.1 Å². The van der Waals surface area contributed by atoms with Crippen molar-refractivity contribution in [2.75, 3.05) is 13.1 Å². The predicted octanol–water partition coefficient (Wildman–Crippen LogP) is 2.87. The van der Waals surface area contributed by atoms with Crippen molar-refractivity contribution >= 4 is 11.3 Å². The number of nitrogens with one attached hydrogen (secondary N) is 1. The van der Waals surface area contributed by atoms with Crippen LogP contribution in [0.1, 0.15) is 49.0 Å². The first-order valence-corrected chi connectivity index (χ1v) is 7.31. The van der Waals surface area contributed by atoms with E-state index in [2.05, 4.69) is 31.1 Å². The van der Waals surface area contributed by atoms with E-state index in [9.17, 15) is 0 Å². The van der Waals surface area contributed by atoms with Gasteiger partial charge in [-0.15, -0.1) is 11.3 Å². The number of hydrogen-bond donors (Lipinski definition) is 2. The van der Waals surface area contributed by atoms with E-state index in [1.165, 1.54) is 22.7 Å². The molecule has 2 atom stereocenters. The summed E-state index contributed by atoms with van der Waals surface area (Å²) in [5.41, 5.74) is 5.54. The minimum absolute atomic E-state index is 0.374. The van der Waals surface area contributed by atoms with Crippen LogP contribution in [0.2, 0.25) is 0 Å². The van der Waals surface area contributed by atoms with Crippen molar-refractivity contribution < 1.29 is 0 Å². The molecule has 3 nitrogen and oxygen atoms in total. The molecule has 0 aliphatic heterocycles. The Hall–Kier alpha value is -0.450. The van der Waals surface area contributed by atoms with Crippen molar-refractivity contribution in [1.29, 1.82) is 0 Å². The van der Waals surface area contributed by atoms with Crippen molar-refractivity contribution in [3.8, 4) is 0 Å². The minimum Gasteiger partial charge on any atom is -0.330 e. The lowest BCUT2D eigenvalue weighted by Crippen LogP contribution is -2.20. The second-order valence-corrected chi connectivity index (χ2v) is 6.08. The topological polar surface area (TPSA) is 50.9 Å². The van der Waals surface area contributed by atoms with Gasteiger partial charge in [0.25, 0.3) is 0 Å². The quantitative estimate of drug-likeness (QED) is 0.702. The summed E-state index contributed by atoms with van der Waals surface area (Å²) in [6, 6.07) is 0.374. The third-order valence-corrected chi connectivity index (χ3v) is 4.09. The number of aryl methyl sites for hydroxylation is 1. The fraction of sp³-hybridized carbons (Fsp3) is 0.769. The van der Waals surface area contributed by atoms with Crippen LogP contribution in [0.15, 0.2) is 6.20 Å². The summed E-state index contributed by atoms with van der Waals surface area (Å²) in [6.45, 7) is 8.43. The second-order valence-electron chi connectivity index (χ2n) is 4.81. The van der Waals surface area contributed by atoms with Crippen LogP contribution in [0.5, 0.6) is 0 Å². The van der Waals surface area contributed by atoms with Gasteiger partial charge in [-0.2, -0.15) is 0 Å². The van der Waals surface area contributed by atoms with Crippen molar-refractivity contribution in [3.63, 3.8) is 0 Å². The van der Waals surface area contributed by atoms with E-state index in [0.717, 1.165) is 25.4 Å². The Morgan fingerprint density at radius 2 is 2.18 bits per heavy atom. The van der Waals surface area contributed by atoms with Gasteiger partial charge in [0, 0.05) is 11.1 Å². The van der Waals surface area contributed by atoms with Gasteiger partial charge in [0.15, 0.2) is 0 Å². The molecule has 1 heterocycles. The molecule has 0 radical (unpaired) electrons. The molecule has 0 saturated heterocycles. The van der Waals surface area contributed by atoms with E-state index in [1.807, 2.05) is 6.20 Å². The molecule has 98 valence electrons. The fourth-order valence-electron chi connectivity index (χ4n) is 1.86. The molecule has 1 aromatic heterocycles. The second kappa shape index (κ2) is 7.80. The molecule has 0 saturated carbocycles. The van der Waals surface area contributed by atoms with E-state index < -0.39 is 0 Å². The van der Waals surface area contributed by atoms with Crippen molar-refractivity contribution in [3.05, 3.63) is 16.1 Å². The zero-order valence-corrected chi connectivity index (χ0v) is 12.0. The lowest BCUT2D eigenvalue weighted by atomic mass is 10.0. The number of rotatable bonds is 8. The van der Waals surface area contributed by atoms with Crippen LogP contribution in [-0.2, 0) is 0 Å². The number of nitrogens with zero attached hydrogens (tertiary/aromatic N) is 1. The molecule has 1 rings (SSSR count). The highest BCUT2D eigenvalue weighted by molar-refractivity contribution is 7.11. The number of aromatic nitrogens is 1. The van der Waals surface area contributed by atoms with Gasteiger partial charge in [0.2, 0.25) is 0 Å². The molecule has 2 unspecified atom stereocenters. The van der Waals surface area contributed by atoms with Gasteiger partial charge < -0.3 is 11.1 Å². The fourth-order valence-corrected chi connectivity index (χ4v) is 2.66. The molecule has 0 aliphatic rings. The Kier molecular flexibility index (Phi) is 6.70. The van der Waals surface area contributed by atoms with Gasteiger partial charge in [0.1, 0.15) is 5.01 Å². The lowest BCUT2D eigenvalue weighted by Gasteiger charge is -2.13. The molecule has 0 bridgehead atoms. The average molecular weight is 255 g/mol. The molecule has 1 aromatic rings. The maximum Gasteiger partial charge on any atom is 0.109 e.